The molecule has 2 rings (SSSR count). The molecule has 0 heteroatoms. The van der Waals surface area contributed by atoms with Gasteiger partial charge in [0.1, 0.15) is 0 Å². The van der Waals surface area contributed by atoms with E-state index < -0.39 is 0 Å². The number of hydrogen-bond donors (Lipinski definition) is 0. The van der Waals surface area contributed by atoms with Gasteiger partial charge in [-0.15, -0.1) is 0 Å². The Hall–Kier alpha value is 0. The zero-order chi connectivity index (χ0) is 13.5. The van der Waals surface area contributed by atoms with Gasteiger partial charge in [0.2, 0.25) is 0 Å². The van der Waals surface area contributed by atoms with E-state index in [1.165, 1.54) is 64.2 Å². The highest BCUT2D eigenvalue weighted by Crippen LogP contribution is 2.40. The molecular formula is C19H36. The van der Waals surface area contributed by atoms with Crippen LogP contribution in [0.2, 0.25) is 0 Å². The Morgan fingerprint density at radius 2 is 1.42 bits per heavy atom. The second kappa shape index (κ2) is 8.32. The largest absolute Gasteiger partial charge is 0.0654 e. The van der Waals surface area contributed by atoms with E-state index in [9.17, 15) is 0 Å². The molecule has 112 valence electrons. The van der Waals surface area contributed by atoms with Crippen molar-refractivity contribution < 1.29 is 0 Å². The first-order valence-corrected chi connectivity index (χ1v) is 9.31. The van der Waals surface area contributed by atoms with E-state index in [2.05, 4.69) is 13.8 Å². The van der Waals surface area contributed by atoms with Crippen LogP contribution >= 0.6 is 0 Å². The molecule has 0 saturated heterocycles. The third-order valence-electron chi connectivity index (χ3n) is 6.12. The first kappa shape index (κ1) is 15.4. The van der Waals surface area contributed by atoms with Crippen molar-refractivity contribution in [1.82, 2.24) is 0 Å². The van der Waals surface area contributed by atoms with E-state index in [0.29, 0.717) is 0 Å². The molecule has 2 fully saturated rings. The van der Waals surface area contributed by atoms with Crippen molar-refractivity contribution in [3.63, 3.8) is 0 Å². The van der Waals surface area contributed by atoms with Gasteiger partial charge >= 0.3 is 0 Å². The fraction of sp³-hybridized carbons (Fsp3) is 1.00. The zero-order valence-corrected chi connectivity index (χ0v) is 13.5. The predicted octanol–water partition coefficient (Wildman–Crippen LogP) is 6.59. The normalized spacial score (nSPS) is 25.6. The van der Waals surface area contributed by atoms with Gasteiger partial charge in [0.15, 0.2) is 0 Å². The van der Waals surface area contributed by atoms with Gasteiger partial charge in [-0.05, 0) is 30.1 Å². The SMILES string of the molecule is CCCCC(CC(C)C1CCCCC1)C1CCCC1. The molecule has 19 heavy (non-hydrogen) atoms. The molecule has 0 aromatic heterocycles. The van der Waals surface area contributed by atoms with Crippen LogP contribution in [-0.2, 0) is 0 Å². The Labute approximate surface area is 121 Å². The molecule has 0 nitrogen and oxygen atoms in total. The van der Waals surface area contributed by atoms with Gasteiger partial charge < -0.3 is 0 Å². The van der Waals surface area contributed by atoms with Crippen LogP contribution in [0.1, 0.15) is 97.3 Å². The van der Waals surface area contributed by atoms with Crippen LogP contribution in [0.4, 0.5) is 0 Å². The van der Waals surface area contributed by atoms with Gasteiger partial charge in [-0.1, -0.05) is 90.9 Å². The lowest BCUT2D eigenvalue weighted by Gasteiger charge is -2.32. The molecule has 0 N–H and O–H groups in total. The summed E-state index contributed by atoms with van der Waals surface area (Å²) < 4.78 is 0. The Balaban J connectivity index is 1.82. The van der Waals surface area contributed by atoms with Crippen molar-refractivity contribution in [3.05, 3.63) is 0 Å². The monoisotopic (exact) mass is 264 g/mol. The first-order chi connectivity index (χ1) is 9.31. The molecule has 0 radical (unpaired) electrons. The Bertz CT molecular complexity index is 220. The summed E-state index contributed by atoms with van der Waals surface area (Å²) in [4.78, 5) is 0. The zero-order valence-electron chi connectivity index (χ0n) is 13.5. The summed E-state index contributed by atoms with van der Waals surface area (Å²) in [7, 11) is 0. The van der Waals surface area contributed by atoms with E-state index in [0.717, 1.165) is 23.7 Å². The smallest absolute Gasteiger partial charge is 0.0383 e. The lowest BCUT2D eigenvalue weighted by molar-refractivity contribution is 0.185. The van der Waals surface area contributed by atoms with Crippen molar-refractivity contribution >= 4 is 0 Å². The molecule has 0 bridgehead atoms. The average molecular weight is 264 g/mol. The quantitative estimate of drug-likeness (QED) is 0.486. The summed E-state index contributed by atoms with van der Waals surface area (Å²) in [5.41, 5.74) is 0. The van der Waals surface area contributed by atoms with Gasteiger partial charge in [0.25, 0.3) is 0 Å². The van der Waals surface area contributed by atoms with Crippen LogP contribution < -0.4 is 0 Å². The lowest BCUT2D eigenvalue weighted by atomic mass is 9.73. The van der Waals surface area contributed by atoms with Crippen LogP contribution in [0.5, 0.6) is 0 Å². The van der Waals surface area contributed by atoms with E-state index in [-0.39, 0.29) is 0 Å². The average Bonchev–Trinajstić information content (AvgIpc) is 2.98. The minimum atomic E-state index is 1.00. The molecule has 0 heterocycles. The third-order valence-corrected chi connectivity index (χ3v) is 6.12. The second-order valence-electron chi connectivity index (χ2n) is 7.56. The van der Waals surface area contributed by atoms with E-state index in [1.807, 2.05) is 0 Å². The maximum Gasteiger partial charge on any atom is -0.0383 e. The van der Waals surface area contributed by atoms with Gasteiger partial charge in [0, 0.05) is 0 Å². The Morgan fingerprint density at radius 1 is 0.842 bits per heavy atom. The van der Waals surface area contributed by atoms with E-state index in [1.54, 1.807) is 19.3 Å². The highest BCUT2D eigenvalue weighted by atomic mass is 14.3. The van der Waals surface area contributed by atoms with Crippen LogP contribution in [0.15, 0.2) is 0 Å². The van der Waals surface area contributed by atoms with Gasteiger partial charge in [-0.2, -0.15) is 0 Å². The molecule has 0 aliphatic heterocycles. The highest BCUT2D eigenvalue weighted by Gasteiger charge is 2.28. The van der Waals surface area contributed by atoms with Crippen molar-refractivity contribution in [3.8, 4) is 0 Å². The molecule has 2 atom stereocenters. The van der Waals surface area contributed by atoms with Crippen molar-refractivity contribution in [2.24, 2.45) is 23.7 Å². The fourth-order valence-electron chi connectivity index (χ4n) is 4.81. The highest BCUT2D eigenvalue weighted by molar-refractivity contribution is 4.80. The van der Waals surface area contributed by atoms with Crippen LogP contribution in [0.25, 0.3) is 0 Å². The minimum Gasteiger partial charge on any atom is -0.0654 e. The number of hydrogen-bond acceptors (Lipinski definition) is 0. The lowest BCUT2D eigenvalue weighted by Crippen LogP contribution is -2.22. The van der Waals surface area contributed by atoms with Crippen LogP contribution in [0, 0.1) is 23.7 Å². The molecule has 0 amide bonds. The molecule has 2 saturated carbocycles. The summed E-state index contributed by atoms with van der Waals surface area (Å²) in [5, 5.41) is 0. The van der Waals surface area contributed by atoms with E-state index >= 15 is 0 Å². The topological polar surface area (TPSA) is 0 Å². The summed E-state index contributed by atoms with van der Waals surface area (Å²) in [6.07, 6.45) is 19.7. The van der Waals surface area contributed by atoms with Crippen molar-refractivity contribution in [2.75, 3.05) is 0 Å². The summed E-state index contributed by atoms with van der Waals surface area (Å²) in [5.74, 6) is 4.24. The predicted molar refractivity (Wildman–Crippen MR) is 85.3 cm³/mol. The molecule has 0 aromatic carbocycles. The minimum absolute atomic E-state index is 1.00. The summed E-state index contributed by atoms with van der Waals surface area (Å²) >= 11 is 0. The fourth-order valence-corrected chi connectivity index (χ4v) is 4.81. The molecule has 0 aromatic rings. The number of rotatable bonds is 7. The Kier molecular flexibility index (Phi) is 6.74. The standard InChI is InChI=1S/C19H36/c1-3-4-10-19(18-13-8-9-14-18)15-16(2)17-11-6-5-7-12-17/h16-19H,3-15H2,1-2H3. The van der Waals surface area contributed by atoms with Crippen molar-refractivity contribution in [2.45, 2.75) is 97.3 Å². The maximum absolute atomic E-state index is 2.57. The first-order valence-electron chi connectivity index (χ1n) is 9.31. The molecule has 2 aliphatic carbocycles. The molecular weight excluding hydrogens is 228 g/mol. The van der Waals surface area contributed by atoms with Gasteiger partial charge in [0.05, 0.1) is 0 Å². The number of unbranched alkanes of at least 4 members (excludes halogenated alkanes) is 1. The summed E-state index contributed by atoms with van der Waals surface area (Å²) in [6, 6.07) is 0. The molecule has 2 unspecified atom stereocenters. The molecule has 2 aliphatic rings. The van der Waals surface area contributed by atoms with Crippen molar-refractivity contribution in [1.29, 1.82) is 0 Å². The van der Waals surface area contributed by atoms with Crippen LogP contribution in [0.3, 0.4) is 0 Å². The summed E-state index contributed by atoms with van der Waals surface area (Å²) in [6.45, 7) is 4.93. The second-order valence-corrected chi connectivity index (χ2v) is 7.56. The Morgan fingerprint density at radius 3 is 2.05 bits per heavy atom. The van der Waals surface area contributed by atoms with Crippen LogP contribution in [-0.4, -0.2) is 0 Å². The maximum atomic E-state index is 2.57. The van der Waals surface area contributed by atoms with Gasteiger partial charge in [-0.25, -0.2) is 0 Å². The van der Waals surface area contributed by atoms with Gasteiger partial charge in [-0.3, -0.25) is 0 Å². The van der Waals surface area contributed by atoms with E-state index in [4.69, 9.17) is 0 Å². The molecule has 0 spiro atoms. The third kappa shape index (κ3) is 4.80.